The molecule has 18 heavy (non-hydrogen) atoms. The van der Waals surface area contributed by atoms with Crippen LogP contribution in [0.1, 0.15) is 0 Å². The zero-order valence-corrected chi connectivity index (χ0v) is 10.8. The highest BCUT2D eigenvalue weighted by molar-refractivity contribution is 7.89. The summed E-state index contributed by atoms with van der Waals surface area (Å²) in [4.78, 5) is 2.08. The molecule has 1 aliphatic heterocycles. The van der Waals surface area contributed by atoms with Gasteiger partial charge >= 0.3 is 0 Å². The highest BCUT2D eigenvalue weighted by Crippen LogP contribution is 2.26. The van der Waals surface area contributed by atoms with Gasteiger partial charge < -0.3 is 15.4 Å². The van der Waals surface area contributed by atoms with Crippen molar-refractivity contribution in [1.29, 1.82) is 0 Å². The van der Waals surface area contributed by atoms with Crippen molar-refractivity contribution >= 4 is 15.7 Å². The van der Waals surface area contributed by atoms with E-state index in [1.165, 1.54) is 6.07 Å². The second-order valence-corrected chi connectivity index (χ2v) is 5.70. The minimum absolute atomic E-state index is 0.0263. The first-order valence-corrected chi connectivity index (χ1v) is 7.25. The number of para-hydroxylation sites is 1. The fraction of sp³-hybridized carbons (Fsp3) is 0.455. The van der Waals surface area contributed by atoms with E-state index in [2.05, 4.69) is 0 Å². The molecule has 1 aromatic carbocycles. The minimum atomic E-state index is -3.74. The molecule has 7 heteroatoms. The first kappa shape index (κ1) is 13.3. The van der Waals surface area contributed by atoms with E-state index in [1.54, 1.807) is 18.2 Å². The number of anilines is 1. The summed E-state index contributed by atoms with van der Waals surface area (Å²) in [5.74, 6) is 0. The molecule has 0 spiro atoms. The molecule has 2 rings (SSSR count). The first-order valence-electron chi connectivity index (χ1n) is 5.70. The molecule has 0 radical (unpaired) electrons. The van der Waals surface area contributed by atoms with Crippen molar-refractivity contribution in [3.8, 4) is 0 Å². The summed E-state index contributed by atoms with van der Waals surface area (Å²) in [6, 6.07) is 6.66. The number of primary sulfonamides is 1. The van der Waals surface area contributed by atoms with Crippen LogP contribution in [0.3, 0.4) is 0 Å². The molecule has 4 N–H and O–H groups in total. The van der Waals surface area contributed by atoms with Crippen LogP contribution in [0.25, 0.3) is 0 Å². The highest BCUT2D eigenvalue weighted by Gasteiger charge is 2.26. The maximum Gasteiger partial charge on any atom is 0.240 e. The number of sulfonamides is 1. The van der Waals surface area contributed by atoms with Crippen LogP contribution in [-0.4, -0.2) is 40.8 Å². The third-order valence-corrected chi connectivity index (χ3v) is 3.94. The summed E-state index contributed by atoms with van der Waals surface area (Å²) in [7, 11) is -3.74. The Labute approximate surface area is 107 Å². The lowest BCUT2D eigenvalue weighted by Gasteiger charge is -2.37. The van der Waals surface area contributed by atoms with Crippen molar-refractivity contribution in [2.75, 3.05) is 31.2 Å². The second kappa shape index (κ2) is 5.23. The van der Waals surface area contributed by atoms with Gasteiger partial charge in [-0.3, -0.25) is 0 Å². The number of nitrogens with zero attached hydrogens (tertiary/aromatic N) is 1. The van der Waals surface area contributed by atoms with E-state index in [4.69, 9.17) is 15.6 Å². The van der Waals surface area contributed by atoms with Gasteiger partial charge in [-0.05, 0) is 12.1 Å². The van der Waals surface area contributed by atoms with E-state index in [0.717, 1.165) is 0 Å². The third kappa shape index (κ3) is 2.64. The normalized spacial score (nSPS) is 21.0. The van der Waals surface area contributed by atoms with Crippen LogP contribution in [0.5, 0.6) is 0 Å². The standard InChI is InChI=1S/C11H17N3O3S/c12-7-9-8-17-6-5-14(9)10-3-1-2-4-11(10)18(13,15)16/h1-4,9H,5-8,12H2,(H2,13,15,16). The van der Waals surface area contributed by atoms with Crippen molar-refractivity contribution in [3.05, 3.63) is 24.3 Å². The van der Waals surface area contributed by atoms with Gasteiger partial charge in [0.15, 0.2) is 0 Å². The van der Waals surface area contributed by atoms with Crippen molar-refractivity contribution in [2.45, 2.75) is 10.9 Å². The molecule has 1 aliphatic rings. The molecule has 1 saturated heterocycles. The van der Waals surface area contributed by atoms with Crippen LogP contribution in [0, 0.1) is 0 Å². The first-order chi connectivity index (χ1) is 8.54. The summed E-state index contributed by atoms with van der Waals surface area (Å²) < 4.78 is 28.5. The Hall–Kier alpha value is -1.15. The Morgan fingerprint density at radius 1 is 1.39 bits per heavy atom. The van der Waals surface area contributed by atoms with Crippen molar-refractivity contribution in [1.82, 2.24) is 0 Å². The third-order valence-electron chi connectivity index (χ3n) is 2.98. The molecule has 1 unspecified atom stereocenters. The summed E-state index contributed by atoms with van der Waals surface area (Å²) >= 11 is 0. The average Bonchev–Trinajstić information content (AvgIpc) is 2.37. The minimum Gasteiger partial charge on any atom is -0.377 e. The van der Waals surface area contributed by atoms with E-state index < -0.39 is 10.0 Å². The SMILES string of the molecule is NCC1COCCN1c1ccccc1S(N)(=O)=O. The topological polar surface area (TPSA) is 98.7 Å². The van der Waals surface area contributed by atoms with Crippen LogP contribution in [0.15, 0.2) is 29.2 Å². The molecule has 0 aromatic heterocycles. The molecule has 0 aliphatic carbocycles. The maximum absolute atomic E-state index is 11.6. The Kier molecular flexibility index (Phi) is 3.86. The van der Waals surface area contributed by atoms with Crippen LogP contribution < -0.4 is 15.8 Å². The zero-order valence-electron chi connectivity index (χ0n) is 9.95. The lowest BCUT2D eigenvalue weighted by molar-refractivity contribution is 0.0960. The molecule has 0 saturated carbocycles. The van der Waals surface area contributed by atoms with Crippen molar-refractivity contribution in [3.63, 3.8) is 0 Å². The second-order valence-electron chi connectivity index (χ2n) is 4.17. The Bertz CT molecular complexity index is 518. The smallest absolute Gasteiger partial charge is 0.240 e. The predicted octanol–water partition coefficient (Wildman–Crippen LogP) is -0.502. The van der Waals surface area contributed by atoms with Gasteiger partial charge in [0, 0.05) is 13.1 Å². The van der Waals surface area contributed by atoms with Gasteiger partial charge in [-0.25, -0.2) is 13.6 Å². The molecule has 1 aromatic rings. The number of rotatable bonds is 3. The summed E-state index contributed by atoms with van der Waals surface area (Å²) in [6.07, 6.45) is 0. The van der Waals surface area contributed by atoms with Crippen molar-refractivity contribution < 1.29 is 13.2 Å². The predicted molar refractivity (Wildman–Crippen MR) is 68.8 cm³/mol. The Morgan fingerprint density at radius 2 is 2.11 bits per heavy atom. The lowest BCUT2D eigenvalue weighted by Crippen LogP contribution is -2.50. The average molecular weight is 271 g/mol. The Morgan fingerprint density at radius 3 is 2.78 bits per heavy atom. The highest BCUT2D eigenvalue weighted by atomic mass is 32.2. The number of nitrogens with two attached hydrogens (primary N) is 2. The molecule has 0 amide bonds. The lowest BCUT2D eigenvalue weighted by atomic mass is 10.2. The fourth-order valence-electron chi connectivity index (χ4n) is 2.10. The summed E-state index contributed by atoms with van der Waals surface area (Å²) in [5.41, 5.74) is 6.28. The van der Waals surface area contributed by atoms with Crippen LogP contribution in [0.2, 0.25) is 0 Å². The number of hydrogen-bond donors (Lipinski definition) is 2. The van der Waals surface area contributed by atoms with Crippen molar-refractivity contribution in [2.24, 2.45) is 10.9 Å². The quantitative estimate of drug-likeness (QED) is 0.772. The summed E-state index contributed by atoms with van der Waals surface area (Å²) in [6.45, 7) is 2.05. The largest absolute Gasteiger partial charge is 0.377 e. The van der Waals surface area contributed by atoms with Crippen LogP contribution in [0.4, 0.5) is 5.69 Å². The number of ether oxygens (including phenoxy) is 1. The molecular formula is C11H17N3O3S. The van der Waals surface area contributed by atoms with Crippen LogP contribution in [-0.2, 0) is 14.8 Å². The summed E-state index contributed by atoms with van der Waals surface area (Å²) in [5, 5.41) is 5.23. The zero-order chi connectivity index (χ0) is 13.2. The molecule has 1 atom stereocenters. The molecule has 6 nitrogen and oxygen atoms in total. The van der Waals surface area contributed by atoms with Gasteiger partial charge in [0.1, 0.15) is 4.90 Å². The number of hydrogen-bond acceptors (Lipinski definition) is 5. The number of benzene rings is 1. The van der Waals surface area contributed by atoms with Gasteiger partial charge in [-0.2, -0.15) is 0 Å². The maximum atomic E-state index is 11.6. The van der Waals surface area contributed by atoms with Crippen LogP contribution >= 0.6 is 0 Å². The van der Waals surface area contributed by atoms with Gasteiger partial charge in [-0.1, -0.05) is 12.1 Å². The van der Waals surface area contributed by atoms with E-state index in [9.17, 15) is 8.42 Å². The fourth-order valence-corrected chi connectivity index (χ4v) is 2.85. The van der Waals surface area contributed by atoms with E-state index in [0.29, 0.717) is 32.0 Å². The molecule has 1 heterocycles. The molecular weight excluding hydrogens is 254 g/mol. The van der Waals surface area contributed by atoms with E-state index in [1.807, 2.05) is 4.90 Å². The Balaban J connectivity index is 2.43. The van der Waals surface area contributed by atoms with Gasteiger partial charge in [0.2, 0.25) is 10.0 Å². The molecule has 100 valence electrons. The monoisotopic (exact) mass is 271 g/mol. The van der Waals surface area contributed by atoms with Gasteiger partial charge in [-0.15, -0.1) is 0 Å². The van der Waals surface area contributed by atoms with E-state index in [-0.39, 0.29) is 10.9 Å². The van der Waals surface area contributed by atoms with Gasteiger partial charge in [0.05, 0.1) is 24.9 Å². The molecule has 0 bridgehead atoms. The van der Waals surface area contributed by atoms with E-state index >= 15 is 0 Å². The number of morpholine rings is 1. The van der Waals surface area contributed by atoms with Gasteiger partial charge in [0.25, 0.3) is 0 Å². The molecule has 1 fully saturated rings.